The standard InChI is InChI=1S/C6H5BrF2O/c7-3-1-5(9)6(10)2-4(3)8/h1-2,5-6,10H. The van der Waals surface area contributed by atoms with Gasteiger partial charge in [-0.15, -0.1) is 0 Å². The molecule has 56 valence electrons. The maximum Gasteiger partial charge on any atom is 0.149 e. The molecule has 1 aliphatic rings. The number of alkyl halides is 1. The molecule has 0 fully saturated rings. The van der Waals surface area contributed by atoms with Gasteiger partial charge in [-0.05, 0) is 28.1 Å². The Kier molecular flexibility index (Phi) is 2.21. The second-order valence-electron chi connectivity index (χ2n) is 1.96. The summed E-state index contributed by atoms with van der Waals surface area (Å²) in [4.78, 5) is 0. The van der Waals surface area contributed by atoms with Crippen LogP contribution in [0.1, 0.15) is 0 Å². The largest absolute Gasteiger partial charge is 0.386 e. The molecule has 0 radical (unpaired) electrons. The smallest absolute Gasteiger partial charge is 0.149 e. The van der Waals surface area contributed by atoms with Crippen molar-refractivity contribution in [2.75, 3.05) is 0 Å². The highest BCUT2D eigenvalue weighted by Crippen LogP contribution is 2.26. The van der Waals surface area contributed by atoms with Gasteiger partial charge in [-0.3, -0.25) is 0 Å². The van der Waals surface area contributed by atoms with E-state index in [9.17, 15) is 8.78 Å². The van der Waals surface area contributed by atoms with Gasteiger partial charge in [0, 0.05) is 0 Å². The average Bonchev–Trinajstić information content (AvgIpc) is 1.84. The highest BCUT2D eigenvalue weighted by atomic mass is 79.9. The molecule has 0 aromatic heterocycles. The first-order valence-corrected chi connectivity index (χ1v) is 3.47. The van der Waals surface area contributed by atoms with Crippen molar-refractivity contribution in [3.05, 3.63) is 22.5 Å². The van der Waals surface area contributed by atoms with E-state index in [4.69, 9.17) is 5.11 Å². The van der Waals surface area contributed by atoms with Crippen molar-refractivity contribution in [2.24, 2.45) is 0 Å². The van der Waals surface area contributed by atoms with Gasteiger partial charge in [0.15, 0.2) is 0 Å². The molecule has 1 aliphatic carbocycles. The summed E-state index contributed by atoms with van der Waals surface area (Å²) in [6.45, 7) is 0. The number of aliphatic hydroxyl groups is 1. The molecule has 0 aliphatic heterocycles. The molecule has 1 nitrogen and oxygen atoms in total. The zero-order chi connectivity index (χ0) is 7.72. The van der Waals surface area contributed by atoms with E-state index in [2.05, 4.69) is 15.9 Å². The predicted molar refractivity (Wildman–Crippen MR) is 37.1 cm³/mol. The third-order valence-electron chi connectivity index (χ3n) is 1.18. The number of aliphatic hydroxyl groups excluding tert-OH is 1. The van der Waals surface area contributed by atoms with Gasteiger partial charge in [0.1, 0.15) is 18.1 Å². The molecule has 10 heavy (non-hydrogen) atoms. The second-order valence-corrected chi connectivity index (χ2v) is 2.82. The lowest BCUT2D eigenvalue weighted by molar-refractivity contribution is 0.139. The van der Waals surface area contributed by atoms with Gasteiger partial charge in [-0.25, -0.2) is 8.78 Å². The number of rotatable bonds is 0. The molecule has 2 atom stereocenters. The van der Waals surface area contributed by atoms with Crippen LogP contribution in [0.3, 0.4) is 0 Å². The van der Waals surface area contributed by atoms with Crippen molar-refractivity contribution in [2.45, 2.75) is 12.3 Å². The lowest BCUT2D eigenvalue weighted by atomic mass is 10.1. The third-order valence-corrected chi connectivity index (χ3v) is 1.82. The molecule has 1 N–H and O–H groups in total. The zero-order valence-electron chi connectivity index (χ0n) is 4.89. The van der Waals surface area contributed by atoms with Crippen LogP contribution in [0.15, 0.2) is 22.5 Å². The predicted octanol–water partition coefficient (Wildman–Crippen LogP) is 1.83. The minimum absolute atomic E-state index is 0.0605. The minimum Gasteiger partial charge on any atom is -0.386 e. The molecule has 0 spiro atoms. The quantitative estimate of drug-likeness (QED) is 0.647. The summed E-state index contributed by atoms with van der Waals surface area (Å²) in [5, 5.41) is 8.71. The number of hydrogen-bond acceptors (Lipinski definition) is 1. The molecule has 1 rings (SSSR count). The van der Waals surface area contributed by atoms with E-state index >= 15 is 0 Å². The Morgan fingerprint density at radius 3 is 2.60 bits per heavy atom. The van der Waals surface area contributed by atoms with Crippen LogP contribution in [-0.4, -0.2) is 17.4 Å². The van der Waals surface area contributed by atoms with Crippen LogP contribution in [-0.2, 0) is 0 Å². The Hall–Kier alpha value is -0.220. The van der Waals surface area contributed by atoms with E-state index in [1.54, 1.807) is 0 Å². The van der Waals surface area contributed by atoms with Gasteiger partial charge in [0.25, 0.3) is 0 Å². The Balaban J connectivity index is 2.83. The van der Waals surface area contributed by atoms with Crippen molar-refractivity contribution in [3.63, 3.8) is 0 Å². The minimum atomic E-state index is -1.51. The zero-order valence-corrected chi connectivity index (χ0v) is 6.48. The Bertz CT molecular complexity index is 178. The fraction of sp³-hybridized carbons (Fsp3) is 0.333. The summed E-state index contributed by atoms with van der Waals surface area (Å²) in [5.74, 6) is -0.624. The van der Waals surface area contributed by atoms with Crippen molar-refractivity contribution in [3.8, 4) is 0 Å². The fourth-order valence-corrected chi connectivity index (χ4v) is 1.02. The van der Waals surface area contributed by atoms with Gasteiger partial charge >= 0.3 is 0 Å². The summed E-state index contributed by atoms with van der Waals surface area (Å²) in [6.07, 6.45) is -1.04. The first-order valence-electron chi connectivity index (χ1n) is 2.68. The van der Waals surface area contributed by atoms with Crippen molar-refractivity contribution in [1.29, 1.82) is 0 Å². The van der Waals surface area contributed by atoms with Gasteiger partial charge in [0.05, 0.1) is 4.48 Å². The molecular weight excluding hydrogens is 206 g/mol. The number of allylic oxidation sites excluding steroid dienone is 2. The molecule has 0 bridgehead atoms. The maximum atomic E-state index is 12.4. The summed E-state index contributed by atoms with van der Waals surface area (Å²) < 4.78 is 24.9. The lowest BCUT2D eigenvalue weighted by Crippen LogP contribution is -2.20. The Morgan fingerprint density at radius 2 is 2.10 bits per heavy atom. The van der Waals surface area contributed by atoms with Gasteiger partial charge < -0.3 is 5.11 Å². The highest BCUT2D eigenvalue weighted by Gasteiger charge is 2.21. The van der Waals surface area contributed by atoms with Crippen LogP contribution >= 0.6 is 15.9 Å². The van der Waals surface area contributed by atoms with E-state index in [-0.39, 0.29) is 4.48 Å². The van der Waals surface area contributed by atoms with E-state index < -0.39 is 18.1 Å². The van der Waals surface area contributed by atoms with E-state index in [1.807, 2.05) is 0 Å². The number of hydrogen-bond donors (Lipinski definition) is 1. The topological polar surface area (TPSA) is 20.2 Å². The number of halogens is 3. The summed E-state index contributed by atoms with van der Waals surface area (Å²) in [7, 11) is 0. The van der Waals surface area contributed by atoms with Crippen LogP contribution in [0.25, 0.3) is 0 Å². The first kappa shape index (κ1) is 7.88. The normalized spacial score (nSPS) is 33.2. The molecular formula is C6H5BrF2O. The average molecular weight is 211 g/mol. The van der Waals surface area contributed by atoms with Crippen LogP contribution in [0.5, 0.6) is 0 Å². The summed E-state index contributed by atoms with van der Waals surface area (Å²) >= 11 is 2.79. The monoisotopic (exact) mass is 210 g/mol. The second kappa shape index (κ2) is 2.80. The molecule has 2 unspecified atom stereocenters. The lowest BCUT2D eigenvalue weighted by Gasteiger charge is -2.13. The maximum absolute atomic E-state index is 12.4. The molecule has 0 saturated heterocycles. The van der Waals surface area contributed by atoms with Crippen molar-refractivity contribution in [1.82, 2.24) is 0 Å². The molecule has 0 amide bonds. The van der Waals surface area contributed by atoms with Gasteiger partial charge in [-0.2, -0.15) is 0 Å². The van der Waals surface area contributed by atoms with Crippen LogP contribution in [0.4, 0.5) is 8.78 Å². The van der Waals surface area contributed by atoms with Crippen LogP contribution < -0.4 is 0 Å². The molecule has 4 heteroatoms. The van der Waals surface area contributed by atoms with E-state index in [0.717, 1.165) is 12.2 Å². The van der Waals surface area contributed by atoms with Gasteiger partial charge in [0.2, 0.25) is 0 Å². The third kappa shape index (κ3) is 1.44. The molecule has 0 aromatic rings. The summed E-state index contributed by atoms with van der Waals surface area (Å²) in [5.41, 5.74) is 0. The van der Waals surface area contributed by atoms with E-state index in [1.165, 1.54) is 0 Å². The Labute approximate surface area is 65.2 Å². The highest BCUT2D eigenvalue weighted by molar-refractivity contribution is 9.11. The molecule has 0 heterocycles. The van der Waals surface area contributed by atoms with E-state index in [0.29, 0.717) is 0 Å². The molecule has 0 aromatic carbocycles. The first-order chi connectivity index (χ1) is 4.61. The molecule has 0 saturated carbocycles. The van der Waals surface area contributed by atoms with Crippen molar-refractivity contribution < 1.29 is 13.9 Å². The fourth-order valence-electron chi connectivity index (χ4n) is 0.639. The SMILES string of the molecule is OC1C=C(F)C(Br)=CC1F. The van der Waals surface area contributed by atoms with Crippen molar-refractivity contribution >= 4 is 15.9 Å². The van der Waals surface area contributed by atoms with Crippen LogP contribution in [0.2, 0.25) is 0 Å². The van der Waals surface area contributed by atoms with Gasteiger partial charge in [-0.1, -0.05) is 0 Å². The Morgan fingerprint density at radius 1 is 1.50 bits per heavy atom. The summed E-state index contributed by atoms with van der Waals surface area (Å²) in [6, 6.07) is 0. The van der Waals surface area contributed by atoms with Crippen LogP contribution in [0, 0.1) is 0 Å².